The van der Waals surface area contributed by atoms with Gasteiger partial charge in [-0.2, -0.15) is 0 Å². The van der Waals surface area contributed by atoms with Crippen LogP contribution in [0.3, 0.4) is 0 Å². The molecule has 2 heterocycles. The maximum atomic E-state index is 14.1. The van der Waals surface area contributed by atoms with Crippen molar-refractivity contribution in [2.45, 2.75) is 39.4 Å². The van der Waals surface area contributed by atoms with E-state index in [9.17, 15) is 4.39 Å². The van der Waals surface area contributed by atoms with E-state index < -0.39 is 5.82 Å². The Kier molecular flexibility index (Phi) is 9.76. The molecule has 10 heteroatoms. The summed E-state index contributed by atoms with van der Waals surface area (Å²) in [5.41, 5.74) is 0.785. The molecule has 0 bridgehead atoms. The molecule has 1 atom stereocenters. The number of methoxy groups -OCH3 is 1. The Labute approximate surface area is 198 Å². The summed E-state index contributed by atoms with van der Waals surface area (Å²) in [4.78, 5) is 4.59. The Morgan fingerprint density at radius 2 is 2.19 bits per heavy atom. The molecule has 2 N–H and O–H groups in total. The molecule has 2 aromatic heterocycles. The Bertz CT molecular complexity index is 961. The summed E-state index contributed by atoms with van der Waals surface area (Å²) in [6.07, 6.45) is 4.15. The van der Waals surface area contributed by atoms with Crippen molar-refractivity contribution in [1.29, 1.82) is 0 Å². The number of aryl methyl sites for hydroxylation is 1. The lowest BCUT2D eigenvalue weighted by Gasteiger charge is -2.19. The summed E-state index contributed by atoms with van der Waals surface area (Å²) >= 11 is 0. The molecular formula is C21H28FIN6O2. The van der Waals surface area contributed by atoms with Gasteiger partial charge in [0.25, 0.3) is 0 Å². The molecule has 0 amide bonds. The van der Waals surface area contributed by atoms with E-state index in [1.165, 1.54) is 13.2 Å². The Hall–Kier alpha value is -2.63. The first kappa shape index (κ1) is 24.6. The minimum Gasteiger partial charge on any atom is -0.494 e. The van der Waals surface area contributed by atoms with E-state index in [2.05, 4.69) is 25.8 Å². The van der Waals surface area contributed by atoms with Crippen LogP contribution in [0.25, 0.3) is 0 Å². The van der Waals surface area contributed by atoms with Crippen LogP contribution in [0.1, 0.15) is 37.0 Å². The molecule has 8 nitrogen and oxygen atoms in total. The fourth-order valence-corrected chi connectivity index (χ4v) is 2.99. The van der Waals surface area contributed by atoms with Gasteiger partial charge in [-0.15, -0.1) is 34.2 Å². The summed E-state index contributed by atoms with van der Waals surface area (Å²) in [6.45, 7) is 5.70. The van der Waals surface area contributed by atoms with Crippen molar-refractivity contribution in [2.75, 3.05) is 13.7 Å². The van der Waals surface area contributed by atoms with E-state index in [1.807, 2.05) is 36.6 Å². The first-order chi connectivity index (χ1) is 14.6. The number of benzene rings is 1. The number of guanidine groups is 1. The van der Waals surface area contributed by atoms with Crippen LogP contribution in [0.4, 0.5) is 4.39 Å². The average molecular weight is 542 g/mol. The number of aromatic nitrogens is 3. The van der Waals surface area contributed by atoms with Crippen molar-refractivity contribution in [1.82, 2.24) is 25.4 Å². The molecule has 168 valence electrons. The second-order valence-electron chi connectivity index (χ2n) is 6.73. The van der Waals surface area contributed by atoms with Crippen molar-refractivity contribution in [3.8, 4) is 5.75 Å². The second kappa shape index (κ2) is 12.3. The van der Waals surface area contributed by atoms with Crippen LogP contribution in [0.2, 0.25) is 0 Å². The molecule has 0 aliphatic rings. The highest BCUT2D eigenvalue weighted by atomic mass is 127. The predicted octanol–water partition coefficient (Wildman–Crippen LogP) is 3.70. The highest BCUT2D eigenvalue weighted by molar-refractivity contribution is 14.0. The number of hydrogen-bond donors (Lipinski definition) is 2. The lowest BCUT2D eigenvalue weighted by molar-refractivity contribution is 0.386. The van der Waals surface area contributed by atoms with Crippen molar-refractivity contribution >= 4 is 29.9 Å². The highest BCUT2D eigenvalue weighted by Gasteiger charge is 2.12. The van der Waals surface area contributed by atoms with E-state index in [-0.39, 0.29) is 35.8 Å². The van der Waals surface area contributed by atoms with Gasteiger partial charge < -0.3 is 24.4 Å². The highest BCUT2D eigenvalue weighted by Crippen LogP contribution is 2.21. The Morgan fingerprint density at radius 3 is 2.87 bits per heavy atom. The average Bonchev–Trinajstić information content (AvgIpc) is 3.43. The smallest absolute Gasteiger partial charge is 0.192 e. The van der Waals surface area contributed by atoms with Crippen molar-refractivity contribution < 1.29 is 13.5 Å². The van der Waals surface area contributed by atoms with E-state index in [0.717, 1.165) is 23.6 Å². The van der Waals surface area contributed by atoms with Crippen LogP contribution in [0.15, 0.2) is 52.3 Å². The second-order valence-corrected chi connectivity index (χ2v) is 6.73. The monoisotopic (exact) mass is 542 g/mol. The van der Waals surface area contributed by atoms with Gasteiger partial charge in [0, 0.05) is 19.5 Å². The SMILES string of the molecule is CCc1nncn1CCNC(=NCc1ccco1)NC(C)c1ccc(OC)c(F)c1.I. The largest absolute Gasteiger partial charge is 0.494 e. The lowest BCUT2D eigenvalue weighted by atomic mass is 10.1. The number of furan rings is 1. The van der Waals surface area contributed by atoms with Gasteiger partial charge in [0.2, 0.25) is 0 Å². The summed E-state index contributed by atoms with van der Waals surface area (Å²) < 4.78 is 26.4. The third kappa shape index (κ3) is 6.94. The summed E-state index contributed by atoms with van der Waals surface area (Å²) in [5, 5.41) is 14.7. The molecule has 0 saturated carbocycles. The van der Waals surface area contributed by atoms with Crippen molar-refractivity contribution in [2.24, 2.45) is 4.99 Å². The van der Waals surface area contributed by atoms with Crippen LogP contribution in [0, 0.1) is 5.82 Å². The third-order valence-electron chi connectivity index (χ3n) is 4.66. The zero-order valence-corrected chi connectivity index (χ0v) is 20.2. The van der Waals surface area contributed by atoms with Gasteiger partial charge >= 0.3 is 0 Å². The lowest BCUT2D eigenvalue weighted by Crippen LogP contribution is -2.40. The molecule has 0 radical (unpaired) electrons. The first-order valence-electron chi connectivity index (χ1n) is 9.88. The van der Waals surface area contributed by atoms with Gasteiger partial charge in [0.15, 0.2) is 17.5 Å². The van der Waals surface area contributed by atoms with Crippen LogP contribution < -0.4 is 15.4 Å². The summed E-state index contributed by atoms with van der Waals surface area (Å²) in [6, 6.07) is 8.43. The predicted molar refractivity (Wildman–Crippen MR) is 127 cm³/mol. The number of aliphatic imine (C=N–C) groups is 1. The van der Waals surface area contributed by atoms with Gasteiger partial charge in [-0.05, 0) is 36.8 Å². The normalized spacial score (nSPS) is 12.2. The van der Waals surface area contributed by atoms with E-state index >= 15 is 0 Å². The first-order valence-corrected chi connectivity index (χ1v) is 9.88. The zero-order chi connectivity index (χ0) is 21.3. The standard InChI is InChI=1S/C21H27FN6O2.HI/c1-4-20-27-25-14-28(20)10-9-23-21(24-13-17-6-5-11-30-17)26-15(2)16-7-8-19(29-3)18(22)12-16;/h5-8,11-12,14-15H,4,9-10,13H2,1-3H3,(H2,23,24,26);1H. The van der Waals surface area contributed by atoms with Crippen LogP contribution in [-0.2, 0) is 19.5 Å². The van der Waals surface area contributed by atoms with E-state index in [0.29, 0.717) is 25.6 Å². The minimum absolute atomic E-state index is 0. The maximum Gasteiger partial charge on any atom is 0.192 e. The number of nitrogens with zero attached hydrogens (tertiary/aromatic N) is 4. The van der Waals surface area contributed by atoms with Gasteiger partial charge in [-0.25, -0.2) is 9.38 Å². The third-order valence-corrected chi connectivity index (χ3v) is 4.66. The molecule has 3 aromatic rings. The van der Waals surface area contributed by atoms with Crippen LogP contribution >= 0.6 is 24.0 Å². The summed E-state index contributed by atoms with van der Waals surface area (Å²) in [7, 11) is 1.45. The number of halogens is 2. The van der Waals surface area contributed by atoms with Crippen LogP contribution in [-0.4, -0.2) is 34.4 Å². The molecule has 0 aliphatic carbocycles. The molecule has 1 unspecified atom stereocenters. The van der Waals surface area contributed by atoms with Gasteiger partial charge in [-0.1, -0.05) is 13.0 Å². The molecule has 1 aromatic carbocycles. The van der Waals surface area contributed by atoms with Gasteiger partial charge in [0.05, 0.1) is 19.4 Å². The molecule has 0 fully saturated rings. The molecule has 0 saturated heterocycles. The van der Waals surface area contributed by atoms with Crippen molar-refractivity contribution in [3.05, 3.63) is 65.9 Å². The quantitative estimate of drug-likeness (QED) is 0.244. The zero-order valence-electron chi connectivity index (χ0n) is 17.8. The number of nitrogens with one attached hydrogen (secondary N) is 2. The number of hydrogen-bond acceptors (Lipinski definition) is 5. The maximum absolute atomic E-state index is 14.1. The fraction of sp³-hybridized carbons (Fsp3) is 0.381. The molecular weight excluding hydrogens is 514 g/mol. The topological polar surface area (TPSA) is 89.5 Å². The van der Waals surface area contributed by atoms with Gasteiger partial charge in [0.1, 0.15) is 24.5 Å². The molecule has 31 heavy (non-hydrogen) atoms. The van der Waals surface area contributed by atoms with E-state index in [1.54, 1.807) is 18.7 Å². The number of rotatable bonds is 9. The van der Waals surface area contributed by atoms with Crippen molar-refractivity contribution in [3.63, 3.8) is 0 Å². The van der Waals surface area contributed by atoms with Gasteiger partial charge in [-0.3, -0.25) is 0 Å². The molecule has 3 rings (SSSR count). The Balaban J connectivity index is 0.00000341. The Morgan fingerprint density at radius 1 is 1.35 bits per heavy atom. The molecule has 0 aliphatic heterocycles. The van der Waals surface area contributed by atoms with E-state index in [4.69, 9.17) is 9.15 Å². The summed E-state index contributed by atoms with van der Waals surface area (Å²) in [5.74, 6) is 2.11. The minimum atomic E-state index is -0.398. The number of ether oxygens (including phenoxy) is 1. The fourth-order valence-electron chi connectivity index (χ4n) is 2.99. The van der Waals surface area contributed by atoms with Crippen LogP contribution in [0.5, 0.6) is 5.75 Å². The molecule has 0 spiro atoms.